The van der Waals surface area contributed by atoms with Gasteiger partial charge in [-0.05, 0) is 13.0 Å². The molecule has 0 aliphatic carbocycles. The Balaban J connectivity index is 2.85. The van der Waals surface area contributed by atoms with Gasteiger partial charge in [0.25, 0.3) is 0 Å². The Morgan fingerprint density at radius 2 is 1.36 bits per heavy atom. The number of unbranched alkanes of at least 4 members (excludes halogenated alkanes) is 7. The first-order valence-electron chi connectivity index (χ1n) is 5.87. The summed E-state index contributed by atoms with van der Waals surface area (Å²) >= 11 is 8.27. The van der Waals surface area contributed by atoms with Gasteiger partial charge >= 0.3 is 0 Å². The molecule has 0 unspecified atom stereocenters. The van der Waals surface area contributed by atoms with Crippen molar-refractivity contribution in [2.75, 3.05) is 6.54 Å². The zero-order valence-corrected chi connectivity index (χ0v) is 11.1. The number of thiol groups is 2. The fourth-order valence-corrected chi connectivity index (χ4v) is 1.75. The molecule has 3 heteroatoms. The van der Waals surface area contributed by atoms with Gasteiger partial charge in [0.1, 0.15) is 0 Å². The highest BCUT2D eigenvalue weighted by Crippen LogP contribution is 2.08. The van der Waals surface area contributed by atoms with Crippen molar-refractivity contribution in [1.29, 1.82) is 0 Å². The highest BCUT2D eigenvalue weighted by molar-refractivity contribution is 7.99. The minimum Gasteiger partial charge on any atom is -0.297 e. The third-order valence-electron chi connectivity index (χ3n) is 2.36. The van der Waals surface area contributed by atoms with E-state index in [0.29, 0.717) is 0 Å². The van der Waals surface area contributed by atoms with Crippen LogP contribution in [-0.4, -0.2) is 11.3 Å². The summed E-state index contributed by atoms with van der Waals surface area (Å²) in [7, 11) is 0. The molecule has 1 nitrogen and oxygen atoms in total. The SMILES string of the molecule is CCCCCCCCCCNC(S)S. The molecule has 86 valence electrons. The zero-order valence-electron chi connectivity index (χ0n) is 9.34. The van der Waals surface area contributed by atoms with Crippen molar-refractivity contribution >= 4 is 25.3 Å². The molecule has 1 N–H and O–H groups in total. The summed E-state index contributed by atoms with van der Waals surface area (Å²) in [5, 5.41) is 3.19. The molecule has 0 saturated heterocycles. The maximum absolute atomic E-state index is 4.13. The number of hydrogen-bond acceptors (Lipinski definition) is 3. The van der Waals surface area contributed by atoms with Crippen molar-refractivity contribution in [2.24, 2.45) is 0 Å². The van der Waals surface area contributed by atoms with Crippen LogP contribution < -0.4 is 5.32 Å². The van der Waals surface area contributed by atoms with Crippen LogP contribution in [0.2, 0.25) is 0 Å². The Labute approximate surface area is 100 Å². The molecule has 0 atom stereocenters. The van der Waals surface area contributed by atoms with Crippen LogP contribution in [-0.2, 0) is 0 Å². The molecule has 0 bridgehead atoms. The van der Waals surface area contributed by atoms with Crippen LogP contribution in [0.1, 0.15) is 58.3 Å². The number of rotatable bonds is 10. The van der Waals surface area contributed by atoms with E-state index in [4.69, 9.17) is 0 Å². The van der Waals surface area contributed by atoms with Crippen molar-refractivity contribution in [2.45, 2.75) is 63.0 Å². The average Bonchev–Trinajstić information content (AvgIpc) is 2.15. The van der Waals surface area contributed by atoms with Gasteiger partial charge in [-0.1, -0.05) is 51.9 Å². The first-order valence-corrected chi connectivity index (χ1v) is 6.90. The molecule has 0 spiro atoms. The van der Waals surface area contributed by atoms with Crippen LogP contribution in [0.25, 0.3) is 0 Å². The molecular weight excluding hydrogens is 210 g/mol. The van der Waals surface area contributed by atoms with E-state index in [0.717, 1.165) is 6.54 Å². The molecule has 0 radical (unpaired) electrons. The van der Waals surface area contributed by atoms with Gasteiger partial charge in [-0.2, -0.15) is 0 Å². The molecule has 0 rings (SSSR count). The van der Waals surface area contributed by atoms with E-state index in [-0.39, 0.29) is 4.71 Å². The van der Waals surface area contributed by atoms with E-state index in [2.05, 4.69) is 37.5 Å². The number of hydrogen-bond donors (Lipinski definition) is 3. The predicted octanol–water partition coefficient (Wildman–Crippen LogP) is 3.86. The third-order valence-corrected chi connectivity index (χ3v) is 2.72. The summed E-state index contributed by atoms with van der Waals surface area (Å²) in [6.45, 7) is 3.31. The monoisotopic (exact) mass is 235 g/mol. The first kappa shape index (κ1) is 14.7. The van der Waals surface area contributed by atoms with E-state index in [1.165, 1.54) is 51.4 Å². The van der Waals surface area contributed by atoms with Crippen LogP contribution in [0.3, 0.4) is 0 Å². The van der Waals surface area contributed by atoms with Crippen molar-refractivity contribution < 1.29 is 0 Å². The van der Waals surface area contributed by atoms with Gasteiger partial charge < -0.3 is 0 Å². The summed E-state index contributed by atoms with van der Waals surface area (Å²) in [6.07, 6.45) is 11.0. The van der Waals surface area contributed by atoms with Gasteiger partial charge in [-0.3, -0.25) is 5.32 Å². The molecule has 0 heterocycles. The zero-order chi connectivity index (χ0) is 10.6. The lowest BCUT2D eigenvalue weighted by Gasteiger charge is -2.06. The van der Waals surface area contributed by atoms with Crippen LogP contribution >= 0.6 is 25.3 Å². The standard InChI is InChI=1S/C11H25NS2/c1-2-3-4-5-6-7-8-9-10-12-11(13)14/h11-14H,2-10H2,1H3. The molecule has 0 aromatic heterocycles. The molecule has 0 fully saturated rings. The van der Waals surface area contributed by atoms with Crippen LogP contribution in [0.5, 0.6) is 0 Å². The van der Waals surface area contributed by atoms with E-state index in [1.807, 2.05) is 0 Å². The Bertz CT molecular complexity index is 107. The van der Waals surface area contributed by atoms with Crippen molar-refractivity contribution in [3.8, 4) is 0 Å². The lowest BCUT2D eigenvalue weighted by Crippen LogP contribution is -2.19. The highest BCUT2D eigenvalue weighted by atomic mass is 32.2. The summed E-state index contributed by atoms with van der Waals surface area (Å²) < 4.78 is 0.0413. The quantitative estimate of drug-likeness (QED) is 0.297. The first-order chi connectivity index (χ1) is 6.77. The summed E-state index contributed by atoms with van der Waals surface area (Å²) in [5.41, 5.74) is 0. The fraction of sp³-hybridized carbons (Fsp3) is 1.00. The van der Waals surface area contributed by atoms with Gasteiger partial charge in [0.2, 0.25) is 0 Å². The molecule has 0 aromatic carbocycles. The topological polar surface area (TPSA) is 12.0 Å². The van der Waals surface area contributed by atoms with Crippen molar-refractivity contribution in [3.63, 3.8) is 0 Å². The smallest absolute Gasteiger partial charge is 0.0944 e. The number of nitrogens with one attached hydrogen (secondary N) is 1. The van der Waals surface area contributed by atoms with E-state index in [9.17, 15) is 0 Å². The largest absolute Gasteiger partial charge is 0.297 e. The molecule has 0 aliphatic heterocycles. The van der Waals surface area contributed by atoms with Crippen molar-refractivity contribution in [1.82, 2.24) is 5.32 Å². The molecule has 0 aromatic rings. The van der Waals surface area contributed by atoms with E-state index < -0.39 is 0 Å². The maximum Gasteiger partial charge on any atom is 0.0944 e. The molecule has 0 amide bonds. The Morgan fingerprint density at radius 1 is 0.857 bits per heavy atom. The normalized spacial score (nSPS) is 11.1. The summed E-state index contributed by atoms with van der Waals surface area (Å²) in [5.74, 6) is 0. The predicted molar refractivity (Wildman–Crippen MR) is 72.4 cm³/mol. The van der Waals surface area contributed by atoms with Crippen molar-refractivity contribution in [3.05, 3.63) is 0 Å². The fourth-order valence-electron chi connectivity index (χ4n) is 1.49. The molecular formula is C11H25NS2. The summed E-state index contributed by atoms with van der Waals surface area (Å²) in [4.78, 5) is 0. The van der Waals surface area contributed by atoms with E-state index in [1.54, 1.807) is 0 Å². The van der Waals surface area contributed by atoms with Gasteiger partial charge in [0.15, 0.2) is 0 Å². The highest BCUT2D eigenvalue weighted by Gasteiger charge is 1.93. The average molecular weight is 235 g/mol. The van der Waals surface area contributed by atoms with Gasteiger partial charge in [0.05, 0.1) is 4.71 Å². The lowest BCUT2D eigenvalue weighted by atomic mass is 10.1. The Kier molecular flexibility index (Phi) is 12.3. The van der Waals surface area contributed by atoms with Gasteiger partial charge in [0, 0.05) is 0 Å². The Hall–Kier alpha value is 0.660. The van der Waals surface area contributed by atoms with Crippen LogP contribution in [0.15, 0.2) is 0 Å². The molecule has 14 heavy (non-hydrogen) atoms. The minimum absolute atomic E-state index is 0.0413. The second-order valence-corrected chi connectivity index (χ2v) is 5.24. The van der Waals surface area contributed by atoms with E-state index >= 15 is 0 Å². The Morgan fingerprint density at radius 3 is 1.86 bits per heavy atom. The third kappa shape index (κ3) is 12.7. The summed E-state index contributed by atoms with van der Waals surface area (Å²) in [6, 6.07) is 0. The molecule has 0 saturated carbocycles. The minimum atomic E-state index is 0.0413. The van der Waals surface area contributed by atoms with Gasteiger partial charge in [-0.15, -0.1) is 25.3 Å². The van der Waals surface area contributed by atoms with Crippen LogP contribution in [0, 0.1) is 0 Å². The van der Waals surface area contributed by atoms with Gasteiger partial charge in [-0.25, -0.2) is 0 Å². The second-order valence-electron chi connectivity index (χ2n) is 3.80. The maximum atomic E-state index is 4.13. The molecule has 0 aliphatic rings. The lowest BCUT2D eigenvalue weighted by molar-refractivity contribution is 0.564. The second kappa shape index (κ2) is 11.7. The van der Waals surface area contributed by atoms with Crippen LogP contribution in [0.4, 0.5) is 0 Å².